The van der Waals surface area contributed by atoms with Gasteiger partial charge in [-0.2, -0.15) is 0 Å². The Morgan fingerprint density at radius 2 is 2.18 bits per heavy atom. The van der Waals surface area contributed by atoms with E-state index in [-0.39, 0.29) is 0 Å². The number of aromatic amines is 1. The Kier molecular flexibility index (Phi) is 4.77. The Bertz CT molecular complexity index is 708. The molecule has 1 aromatic carbocycles. The number of thiophene rings is 1. The fourth-order valence-electron chi connectivity index (χ4n) is 2.51. The standard InChI is InChI=1S/C17H20N2O2S/c1-19(11-14-4-3-9-22-14)10-13(20)12-21-17-6-2-5-16-15(17)7-8-18-16/h2-9,13,18,20H,10-12H2,1H3/t13-/m0/s1. The first-order chi connectivity index (χ1) is 10.7. The van der Waals surface area contributed by atoms with Gasteiger partial charge in [0.2, 0.25) is 0 Å². The van der Waals surface area contributed by atoms with E-state index in [1.54, 1.807) is 11.3 Å². The van der Waals surface area contributed by atoms with Gasteiger partial charge in [0.1, 0.15) is 18.5 Å². The molecule has 0 aliphatic heterocycles. The van der Waals surface area contributed by atoms with Gasteiger partial charge in [-0.25, -0.2) is 0 Å². The molecule has 0 aliphatic carbocycles. The molecule has 0 saturated heterocycles. The van der Waals surface area contributed by atoms with E-state index in [2.05, 4.69) is 21.3 Å². The minimum Gasteiger partial charge on any atom is -0.490 e. The van der Waals surface area contributed by atoms with Crippen LogP contribution in [-0.2, 0) is 6.54 Å². The molecule has 0 radical (unpaired) electrons. The van der Waals surface area contributed by atoms with Gasteiger partial charge in [0.25, 0.3) is 0 Å². The molecule has 116 valence electrons. The minimum absolute atomic E-state index is 0.291. The number of fused-ring (bicyclic) bond motifs is 1. The summed E-state index contributed by atoms with van der Waals surface area (Å²) in [6, 6.07) is 12.0. The van der Waals surface area contributed by atoms with Gasteiger partial charge >= 0.3 is 0 Å². The van der Waals surface area contributed by atoms with Crippen molar-refractivity contribution in [1.82, 2.24) is 9.88 Å². The van der Waals surface area contributed by atoms with E-state index in [1.807, 2.05) is 43.6 Å². The van der Waals surface area contributed by atoms with Gasteiger partial charge in [0.15, 0.2) is 0 Å². The van der Waals surface area contributed by atoms with E-state index in [4.69, 9.17) is 4.74 Å². The highest BCUT2D eigenvalue weighted by atomic mass is 32.1. The molecule has 3 aromatic rings. The van der Waals surface area contributed by atoms with E-state index >= 15 is 0 Å². The van der Waals surface area contributed by atoms with Gasteiger partial charge in [-0.15, -0.1) is 11.3 Å². The van der Waals surface area contributed by atoms with Crippen LogP contribution >= 0.6 is 11.3 Å². The van der Waals surface area contributed by atoms with E-state index in [0.29, 0.717) is 13.2 Å². The average molecular weight is 316 g/mol. The van der Waals surface area contributed by atoms with Gasteiger partial charge in [-0.3, -0.25) is 4.90 Å². The van der Waals surface area contributed by atoms with Crippen LogP contribution in [0.15, 0.2) is 48.0 Å². The summed E-state index contributed by atoms with van der Waals surface area (Å²) in [5, 5.41) is 13.3. The van der Waals surface area contributed by atoms with Crippen molar-refractivity contribution in [2.75, 3.05) is 20.2 Å². The number of likely N-dealkylation sites (N-methyl/N-ethyl adjacent to an activating group) is 1. The molecule has 0 aliphatic rings. The van der Waals surface area contributed by atoms with Crippen molar-refractivity contribution in [3.05, 3.63) is 52.9 Å². The molecule has 5 heteroatoms. The zero-order valence-electron chi connectivity index (χ0n) is 12.5. The zero-order chi connectivity index (χ0) is 15.4. The Morgan fingerprint density at radius 1 is 1.27 bits per heavy atom. The third-order valence-corrected chi connectivity index (χ3v) is 4.38. The van der Waals surface area contributed by atoms with Gasteiger partial charge in [-0.1, -0.05) is 12.1 Å². The van der Waals surface area contributed by atoms with Crippen molar-refractivity contribution in [3.8, 4) is 5.75 Å². The quantitative estimate of drug-likeness (QED) is 0.704. The van der Waals surface area contributed by atoms with Crippen LogP contribution in [0.5, 0.6) is 5.75 Å². The molecule has 4 nitrogen and oxygen atoms in total. The van der Waals surface area contributed by atoms with Crippen molar-refractivity contribution in [2.24, 2.45) is 0 Å². The minimum atomic E-state index is -0.515. The van der Waals surface area contributed by atoms with Crippen LogP contribution in [0.1, 0.15) is 4.88 Å². The van der Waals surface area contributed by atoms with Crippen LogP contribution in [0.3, 0.4) is 0 Å². The third-order valence-electron chi connectivity index (χ3n) is 3.51. The molecule has 2 heterocycles. The molecule has 0 saturated carbocycles. The van der Waals surface area contributed by atoms with Crippen molar-refractivity contribution < 1.29 is 9.84 Å². The van der Waals surface area contributed by atoms with Crippen molar-refractivity contribution >= 4 is 22.2 Å². The number of aliphatic hydroxyl groups is 1. The highest BCUT2D eigenvalue weighted by Gasteiger charge is 2.11. The maximum absolute atomic E-state index is 10.2. The average Bonchev–Trinajstić information content (AvgIpc) is 3.15. The summed E-state index contributed by atoms with van der Waals surface area (Å²) in [6.07, 6.45) is 1.38. The number of nitrogens with zero attached hydrogens (tertiary/aromatic N) is 1. The van der Waals surface area contributed by atoms with E-state index in [0.717, 1.165) is 23.2 Å². The second kappa shape index (κ2) is 6.96. The summed E-state index contributed by atoms with van der Waals surface area (Å²) in [4.78, 5) is 6.56. The molecule has 0 bridgehead atoms. The summed E-state index contributed by atoms with van der Waals surface area (Å²) >= 11 is 1.73. The summed E-state index contributed by atoms with van der Waals surface area (Å²) in [7, 11) is 2.01. The number of rotatable bonds is 7. The topological polar surface area (TPSA) is 48.5 Å². The zero-order valence-corrected chi connectivity index (χ0v) is 13.3. The lowest BCUT2D eigenvalue weighted by atomic mass is 10.2. The number of ether oxygens (including phenoxy) is 1. The van der Waals surface area contributed by atoms with Gasteiger partial charge in [0.05, 0.1) is 0 Å². The fourth-order valence-corrected chi connectivity index (χ4v) is 3.30. The molecule has 1 atom stereocenters. The normalized spacial score (nSPS) is 12.9. The van der Waals surface area contributed by atoms with Crippen LogP contribution in [0, 0.1) is 0 Å². The molecule has 0 amide bonds. The predicted molar refractivity (Wildman–Crippen MR) is 90.5 cm³/mol. The number of aromatic nitrogens is 1. The summed E-state index contributed by atoms with van der Waals surface area (Å²) in [5.41, 5.74) is 1.04. The Morgan fingerprint density at radius 3 is 3.00 bits per heavy atom. The maximum Gasteiger partial charge on any atom is 0.128 e. The van der Waals surface area contributed by atoms with Crippen molar-refractivity contribution in [2.45, 2.75) is 12.6 Å². The number of H-pyrrole nitrogens is 1. The first kappa shape index (κ1) is 15.1. The third kappa shape index (κ3) is 3.68. The lowest BCUT2D eigenvalue weighted by molar-refractivity contribution is 0.0752. The van der Waals surface area contributed by atoms with Crippen molar-refractivity contribution in [1.29, 1.82) is 0 Å². The second-order valence-corrected chi connectivity index (χ2v) is 6.47. The highest BCUT2D eigenvalue weighted by molar-refractivity contribution is 7.09. The Balaban J connectivity index is 1.51. The van der Waals surface area contributed by atoms with Crippen LogP contribution in [0.25, 0.3) is 10.9 Å². The molecule has 0 spiro atoms. The van der Waals surface area contributed by atoms with Gasteiger partial charge in [-0.05, 0) is 36.7 Å². The van der Waals surface area contributed by atoms with E-state index in [9.17, 15) is 5.11 Å². The number of aliphatic hydroxyl groups excluding tert-OH is 1. The number of benzene rings is 1. The molecule has 0 unspecified atom stereocenters. The molecule has 2 N–H and O–H groups in total. The molecule has 3 rings (SSSR count). The lowest BCUT2D eigenvalue weighted by Gasteiger charge is -2.20. The fraction of sp³-hybridized carbons (Fsp3) is 0.294. The summed E-state index contributed by atoms with van der Waals surface area (Å²) in [6.45, 7) is 1.72. The number of hydrogen-bond donors (Lipinski definition) is 2. The Hall–Kier alpha value is -1.82. The molecule has 0 fully saturated rings. The van der Waals surface area contributed by atoms with E-state index < -0.39 is 6.10 Å². The first-order valence-corrected chi connectivity index (χ1v) is 8.18. The molecular formula is C17H20N2O2S. The van der Waals surface area contributed by atoms with Crippen LogP contribution in [0.2, 0.25) is 0 Å². The molecule has 22 heavy (non-hydrogen) atoms. The van der Waals surface area contributed by atoms with Crippen LogP contribution in [0.4, 0.5) is 0 Å². The highest BCUT2D eigenvalue weighted by Crippen LogP contribution is 2.24. The maximum atomic E-state index is 10.2. The number of hydrogen-bond acceptors (Lipinski definition) is 4. The Labute approximate surface area is 134 Å². The number of nitrogens with one attached hydrogen (secondary N) is 1. The summed E-state index contributed by atoms with van der Waals surface area (Å²) < 4.78 is 5.78. The van der Waals surface area contributed by atoms with Gasteiger partial charge in [0, 0.05) is 35.1 Å². The largest absolute Gasteiger partial charge is 0.490 e. The molecular weight excluding hydrogens is 296 g/mol. The van der Waals surface area contributed by atoms with Crippen LogP contribution < -0.4 is 4.74 Å². The SMILES string of the molecule is CN(Cc1cccs1)C[C@H](O)COc1cccc2[nH]ccc12. The molecule has 2 aromatic heterocycles. The summed E-state index contributed by atoms with van der Waals surface area (Å²) in [5.74, 6) is 0.804. The van der Waals surface area contributed by atoms with Crippen molar-refractivity contribution in [3.63, 3.8) is 0 Å². The smallest absolute Gasteiger partial charge is 0.128 e. The van der Waals surface area contributed by atoms with Gasteiger partial charge < -0.3 is 14.8 Å². The second-order valence-electron chi connectivity index (χ2n) is 5.44. The van der Waals surface area contributed by atoms with E-state index in [1.165, 1.54) is 4.88 Å². The lowest BCUT2D eigenvalue weighted by Crippen LogP contribution is -2.32. The predicted octanol–water partition coefficient (Wildman–Crippen LogP) is 3.10. The van der Waals surface area contributed by atoms with Crippen LogP contribution in [-0.4, -0.2) is 41.3 Å². The monoisotopic (exact) mass is 316 g/mol. The first-order valence-electron chi connectivity index (χ1n) is 7.30.